The van der Waals surface area contributed by atoms with Gasteiger partial charge < -0.3 is 4.74 Å². The molecule has 0 amide bonds. The average molecular weight is 526 g/mol. The molecule has 0 spiro atoms. The minimum Gasteiger partial charge on any atom is -0.429 e. The van der Waals surface area contributed by atoms with Crippen molar-refractivity contribution in [3.63, 3.8) is 0 Å². The third kappa shape index (κ3) is 5.50. The van der Waals surface area contributed by atoms with E-state index in [-0.39, 0.29) is 17.0 Å². The van der Waals surface area contributed by atoms with Crippen LogP contribution in [0, 0.1) is 40.8 Å². The van der Waals surface area contributed by atoms with E-state index in [1.165, 1.54) is 0 Å². The molecule has 37 heavy (non-hydrogen) atoms. The molecule has 1 nitrogen and oxygen atoms in total. The molecular formula is C28H22F8O. The van der Waals surface area contributed by atoms with Crippen molar-refractivity contribution in [2.45, 2.75) is 44.6 Å². The largest absolute Gasteiger partial charge is 0.429 e. The molecule has 0 atom stereocenters. The molecule has 0 aliphatic heterocycles. The van der Waals surface area contributed by atoms with Gasteiger partial charge in [-0.1, -0.05) is 18.2 Å². The Kier molecular flexibility index (Phi) is 7.62. The summed E-state index contributed by atoms with van der Waals surface area (Å²) >= 11 is 0. The van der Waals surface area contributed by atoms with E-state index in [4.69, 9.17) is 0 Å². The Hall–Kier alpha value is -3.36. The fraction of sp³-hybridized carbons (Fsp3) is 0.286. The van der Waals surface area contributed by atoms with Crippen LogP contribution in [-0.2, 0) is 6.11 Å². The molecule has 0 N–H and O–H groups in total. The van der Waals surface area contributed by atoms with Crippen LogP contribution in [0.5, 0.6) is 5.75 Å². The van der Waals surface area contributed by atoms with E-state index in [0.29, 0.717) is 37.0 Å². The Morgan fingerprint density at radius 3 is 2.00 bits per heavy atom. The predicted molar refractivity (Wildman–Crippen MR) is 122 cm³/mol. The molecule has 9 heteroatoms. The maximum atomic E-state index is 14.8. The Labute approximate surface area is 208 Å². The minimum absolute atomic E-state index is 0.0186. The van der Waals surface area contributed by atoms with Crippen LogP contribution in [0.1, 0.15) is 49.7 Å². The fourth-order valence-electron chi connectivity index (χ4n) is 4.71. The lowest BCUT2D eigenvalue weighted by molar-refractivity contribution is -0.187. The van der Waals surface area contributed by atoms with Gasteiger partial charge in [0.2, 0.25) is 0 Å². The van der Waals surface area contributed by atoms with Crippen molar-refractivity contribution in [3.8, 4) is 16.9 Å². The van der Waals surface area contributed by atoms with Gasteiger partial charge in [-0.25, -0.2) is 26.3 Å². The van der Waals surface area contributed by atoms with Crippen molar-refractivity contribution in [2.24, 2.45) is 5.92 Å². The maximum Gasteiger partial charge on any atom is 0.429 e. The van der Waals surface area contributed by atoms with Crippen molar-refractivity contribution >= 4 is 0 Å². The summed E-state index contributed by atoms with van der Waals surface area (Å²) in [7, 11) is 0. The Morgan fingerprint density at radius 1 is 0.757 bits per heavy atom. The van der Waals surface area contributed by atoms with E-state index < -0.39 is 57.9 Å². The lowest BCUT2D eigenvalue weighted by Crippen LogP contribution is -2.25. The van der Waals surface area contributed by atoms with Gasteiger partial charge in [0.25, 0.3) is 0 Å². The molecule has 3 aromatic carbocycles. The first-order valence-corrected chi connectivity index (χ1v) is 11.6. The van der Waals surface area contributed by atoms with Crippen LogP contribution >= 0.6 is 0 Å². The Bertz CT molecular complexity index is 1300. The van der Waals surface area contributed by atoms with Gasteiger partial charge in [-0.05, 0) is 85.9 Å². The number of ether oxygens (including phenoxy) is 1. The lowest BCUT2D eigenvalue weighted by atomic mass is 9.78. The summed E-state index contributed by atoms with van der Waals surface area (Å²) in [6.45, 7) is 1.90. The van der Waals surface area contributed by atoms with Crippen molar-refractivity contribution in [1.82, 2.24) is 0 Å². The molecule has 0 aromatic heterocycles. The third-order valence-electron chi connectivity index (χ3n) is 6.58. The molecule has 0 radical (unpaired) electrons. The van der Waals surface area contributed by atoms with Crippen LogP contribution in [-0.4, -0.2) is 0 Å². The van der Waals surface area contributed by atoms with Crippen LogP contribution in [0.4, 0.5) is 35.1 Å². The van der Waals surface area contributed by atoms with Crippen LogP contribution in [0.25, 0.3) is 11.1 Å². The number of hydrogen-bond donors (Lipinski definition) is 0. The summed E-state index contributed by atoms with van der Waals surface area (Å²) in [5.74, 6) is -9.92. The fourth-order valence-corrected chi connectivity index (χ4v) is 4.71. The van der Waals surface area contributed by atoms with Gasteiger partial charge >= 0.3 is 6.11 Å². The number of benzene rings is 3. The monoisotopic (exact) mass is 526 g/mol. The van der Waals surface area contributed by atoms with E-state index in [2.05, 4.69) is 10.8 Å². The van der Waals surface area contributed by atoms with E-state index in [0.717, 1.165) is 37.1 Å². The molecule has 1 aliphatic carbocycles. The smallest absolute Gasteiger partial charge is 0.429 e. The first kappa shape index (κ1) is 26.7. The maximum absolute atomic E-state index is 14.8. The molecule has 4 rings (SSSR count). The third-order valence-corrected chi connectivity index (χ3v) is 6.58. The zero-order valence-corrected chi connectivity index (χ0v) is 19.6. The second-order valence-corrected chi connectivity index (χ2v) is 8.98. The van der Waals surface area contributed by atoms with Gasteiger partial charge in [-0.3, -0.25) is 0 Å². The van der Waals surface area contributed by atoms with Crippen LogP contribution in [0.3, 0.4) is 0 Å². The number of alkyl halides is 2. The van der Waals surface area contributed by atoms with Crippen molar-refractivity contribution in [2.75, 3.05) is 0 Å². The molecule has 1 aliphatic rings. The summed E-state index contributed by atoms with van der Waals surface area (Å²) in [6, 6.07) is 5.19. The van der Waals surface area contributed by atoms with Crippen LogP contribution < -0.4 is 4.74 Å². The molecule has 196 valence electrons. The standard InChI is InChI=1S/C28H22F8O/c1-2-3-15-4-6-16(7-5-15)20-10-11-21(26(33)25(20)32)28(35,36)37-18-8-9-19(22(29)14-18)17-12-23(30)27(34)24(31)13-17/h2-3,8-16H,4-7H2,1H3. The van der Waals surface area contributed by atoms with Gasteiger partial charge in [-0.15, -0.1) is 0 Å². The molecule has 1 saturated carbocycles. The van der Waals surface area contributed by atoms with Gasteiger partial charge in [0.1, 0.15) is 17.1 Å². The van der Waals surface area contributed by atoms with Gasteiger partial charge in [0.15, 0.2) is 29.1 Å². The molecule has 0 saturated heterocycles. The lowest BCUT2D eigenvalue weighted by Gasteiger charge is -2.28. The average Bonchev–Trinajstić information content (AvgIpc) is 2.84. The molecule has 0 unspecified atom stereocenters. The first-order valence-electron chi connectivity index (χ1n) is 11.6. The van der Waals surface area contributed by atoms with E-state index in [9.17, 15) is 35.1 Å². The summed E-state index contributed by atoms with van der Waals surface area (Å²) in [4.78, 5) is 0. The second-order valence-electron chi connectivity index (χ2n) is 8.98. The van der Waals surface area contributed by atoms with Crippen molar-refractivity contribution < 1.29 is 39.9 Å². The second kappa shape index (κ2) is 10.6. The first-order chi connectivity index (χ1) is 17.5. The summed E-state index contributed by atoms with van der Waals surface area (Å²) in [6.07, 6.45) is 2.35. The molecular weight excluding hydrogens is 504 g/mol. The highest BCUT2D eigenvalue weighted by molar-refractivity contribution is 5.65. The highest BCUT2D eigenvalue weighted by Crippen LogP contribution is 2.41. The predicted octanol–water partition coefficient (Wildman–Crippen LogP) is 9.17. The number of halogens is 8. The zero-order valence-electron chi connectivity index (χ0n) is 19.6. The number of rotatable bonds is 6. The molecule has 1 fully saturated rings. The van der Waals surface area contributed by atoms with Crippen molar-refractivity contribution in [3.05, 3.63) is 101 Å². The zero-order chi connectivity index (χ0) is 26.9. The summed E-state index contributed by atoms with van der Waals surface area (Å²) < 4.78 is 118. The Morgan fingerprint density at radius 2 is 1.41 bits per heavy atom. The Balaban J connectivity index is 1.55. The normalized spacial score (nSPS) is 18.4. The highest BCUT2D eigenvalue weighted by Gasteiger charge is 2.40. The SMILES string of the molecule is CC=CC1CCC(c2ccc(C(F)(F)Oc3ccc(-c4cc(F)c(F)c(F)c4)c(F)c3)c(F)c2F)CC1. The minimum atomic E-state index is -4.37. The van der Waals surface area contributed by atoms with E-state index >= 15 is 0 Å². The summed E-state index contributed by atoms with van der Waals surface area (Å²) in [5, 5.41) is 0. The number of hydrogen-bond acceptors (Lipinski definition) is 1. The summed E-state index contributed by atoms with van der Waals surface area (Å²) in [5.41, 5.74) is -2.14. The quantitative estimate of drug-likeness (QED) is 0.177. The molecule has 3 aromatic rings. The van der Waals surface area contributed by atoms with E-state index in [1.54, 1.807) is 0 Å². The topological polar surface area (TPSA) is 9.23 Å². The van der Waals surface area contributed by atoms with Gasteiger partial charge in [0.05, 0.1) is 0 Å². The van der Waals surface area contributed by atoms with Gasteiger partial charge in [-0.2, -0.15) is 8.78 Å². The van der Waals surface area contributed by atoms with Crippen LogP contribution in [0.15, 0.2) is 54.6 Å². The highest BCUT2D eigenvalue weighted by atomic mass is 19.3. The number of allylic oxidation sites excluding steroid dienone is 2. The van der Waals surface area contributed by atoms with Crippen LogP contribution in [0.2, 0.25) is 0 Å². The molecule has 0 bridgehead atoms. The van der Waals surface area contributed by atoms with E-state index in [1.807, 2.05) is 13.0 Å². The van der Waals surface area contributed by atoms with Crippen molar-refractivity contribution in [1.29, 1.82) is 0 Å². The van der Waals surface area contributed by atoms with Gasteiger partial charge in [0, 0.05) is 11.6 Å². The molecule has 0 heterocycles.